The molecule has 1 heterocycles. The van der Waals surface area contributed by atoms with Gasteiger partial charge in [-0.2, -0.15) is 5.26 Å². The SMILES string of the molecule is CC1CCN(Cc2ccc(F)c(C#N)c2)CC1N. The number of halogens is 1. The van der Waals surface area contributed by atoms with Crippen LogP contribution < -0.4 is 5.73 Å². The Morgan fingerprint density at radius 3 is 3.00 bits per heavy atom. The highest BCUT2D eigenvalue weighted by Gasteiger charge is 2.23. The highest BCUT2D eigenvalue weighted by atomic mass is 19.1. The Morgan fingerprint density at radius 1 is 1.56 bits per heavy atom. The quantitative estimate of drug-likeness (QED) is 0.868. The predicted octanol–water partition coefficient (Wildman–Crippen LogP) is 1.87. The Balaban J connectivity index is 2.04. The van der Waals surface area contributed by atoms with Gasteiger partial charge >= 0.3 is 0 Å². The molecule has 3 nitrogen and oxygen atoms in total. The number of benzene rings is 1. The van der Waals surface area contributed by atoms with Crippen molar-refractivity contribution in [1.82, 2.24) is 4.90 Å². The number of rotatable bonds is 2. The van der Waals surface area contributed by atoms with Crippen molar-refractivity contribution in [3.05, 3.63) is 35.1 Å². The van der Waals surface area contributed by atoms with Crippen LogP contribution in [0, 0.1) is 23.1 Å². The van der Waals surface area contributed by atoms with Crippen LogP contribution in [0.2, 0.25) is 0 Å². The van der Waals surface area contributed by atoms with Crippen molar-refractivity contribution in [3.8, 4) is 6.07 Å². The van der Waals surface area contributed by atoms with Crippen molar-refractivity contribution in [2.75, 3.05) is 13.1 Å². The first-order chi connectivity index (χ1) is 8.60. The van der Waals surface area contributed by atoms with Crippen LogP contribution in [-0.4, -0.2) is 24.0 Å². The van der Waals surface area contributed by atoms with E-state index in [4.69, 9.17) is 11.0 Å². The summed E-state index contributed by atoms with van der Waals surface area (Å²) in [5.41, 5.74) is 7.13. The number of nitrogens with zero attached hydrogens (tertiary/aromatic N) is 2. The fraction of sp³-hybridized carbons (Fsp3) is 0.500. The van der Waals surface area contributed by atoms with Gasteiger partial charge in [-0.25, -0.2) is 4.39 Å². The van der Waals surface area contributed by atoms with Crippen LogP contribution in [0.4, 0.5) is 4.39 Å². The molecule has 1 aromatic carbocycles. The molecule has 4 heteroatoms. The summed E-state index contributed by atoms with van der Waals surface area (Å²) in [5.74, 6) is 0.106. The van der Waals surface area contributed by atoms with E-state index in [1.54, 1.807) is 12.1 Å². The molecular formula is C14H18FN3. The van der Waals surface area contributed by atoms with E-state index in [0.717, 1.165) is 31.6 Å². The van der Waals surface area contributed by atoms with Gasteiger partial charge in [-0.05, 0) is 36.6 Å². The third kappa shape index (κ3) is 2.87. The third-order valence-corrected chi connectivity index (χ3v) is 3.66. The van der Waals surface area contributed by atoms with E-state index in [0.29, 0.717) is 5.92 Å². The number of hydrogen-bond donors (Lipinski definition) is 1. The average molecular weight is 247 g/mol. The first-order valence-electron chi connectivity index (χ1n) is 6.26. The first-order valence-corrected chi connectivity index (χ1v) is 6.26. The molecular weight excluding hydrogens is 229 g/mol. The largest absolute Gasteiger partial charge is 0.326 e. The van der Waals surface area contributed by atoms with Crippen LogP contribution in [0.1, 0.15) is 24.5 Å². The molecule has 1 aliphatic rings. The van der Waals surface area contributed by atoms with E-state index in [9.17, 15) is 4.39 Å². The Morgan fingerprint density at radius 2 is 2.33 bits per heavy atom. The molecule has 0 aliphatic carbocycles. The van der Waals surface area contributed by atoms with E-state index in [1.165, 1.54) is 6.07 Å². The Kier molecular flexibility index (Phi) is 3.95. The second kappa shape index (κ2) is 5.47. The molecule has 2 N–H and O–H groups in total. The lowest BCUT2D eigenvalue weighted by molar-refractivity contribution is 0.162. The predicted molar refractivity (Wildman–Crippen MR) is 68.1 cm³/mol. The summed E-state index contributed by atoms with van der Waals surface area (Å²) >= 11 is 0. The van der Waals surface area contributed by atoms with Crippen LogP contribution in [0.5, 0.6) is 0 Å². The Hall–Kier alpha value is -1.44. The minimum absolute atomic E-state index is 0.113. The van der Waals surface area contributed by atoms with Gasteiger partial charge in [0.2, 0.25) is 0 Å². The molecule has 0 saturated carbocycles. The Bertz CT molecular complexity index is 467. The van der Waals surface area contributed by atoms with Crippen molar-refractivity contribution in [2.45, 2.75) is 25.9 Å². The zero-order chi connectivity index (χ0) is 13.1. The van der Waals surface area contributed by atoms with Crippen LogP contribution in [0.15, 0.2) is 18.2 Å². The summed E-state index contributed by atoms with van der Waals surface area (Å²) in [4.78, 5) is 2.26. The van der Waals surface area contributed by atoms with E-state index in [2.05, 4.69) is 11.8 Å². The molecule has 0 radical (unpaired) electrons. The summed E-state index contributed by atoms with van der Waals surface area (Å²) in [6.07, 6.45) is 1.09. The number of nitriles is 1. The summed E-state index contributed by atoms with van der Waals surface area (Å²) in [6, 6.07) is 6.80. The summed E-state index contributed by atoms with van der Waals surface area (Å²) in [6.45, 7) is 4.78. The van der Waals surface area contributed by atoms with Crippen molar-refractivity contribution in [2.24, 2.45) is 11.7 Å². The summed E-state index contributed by atoms with van der Waals surface area (Å²) < 4.78 is 13.2. The number of nitrogens with two attached hydrogens (primary N) is 1. The molecule has 1 saturated heterocycles. The van der Waals surface area contributed by atoms with Gasteiger partial charge in [0.05, 0.1) is 5.56 Å². The van der Waals surface area contributed by atoms with Gasteiger partial charge in [0.1, 0.15) is 11.9 Å². The fourth-order valence-corrected chi connectivity index (χ4v) is 2.33. The zero-order valence-corrected chi connectivity index (χ0v) is 10.6. The smallest absolute Gasteiger partial charge is 0.140 e. The first kappa shape index (κ1) is 13.0. The van der Waals surface area contributed by atoms with Crippen molar-refractivity contribution in [3.63, 3.8) is 0 Å². The number of likely N-dealkylation sites (tertiary alicyclic amines) is 1. The van der Waals surface area contributed by atoms with Gasteiger partial charge in [0, 0.05) is 19.1 Å². The van der Waals surface area contributed by atoms with E-state index < -0.39 is 5.82 Å². The molecule has 2 rings (SSSR count). The molecule has 2 atom stereocenters. The maximum Gasteiger partial charge on any atom is 0.140 e. The third-order valence-electron chi connectivity index (χ3n) is 3.66. The van der Waals surface area contributed by atoms with Gasteiger partial charge in [-0.3, -0.25) is 4.90 Å². The Labute approximate surface area is 107 Å². The molecule has 0 amide bonds. The van der Waals surface area contributed by atoms with E-state index in [1.807, 2.05) is 6.07 Å². The van der Waals surface area contributed by atoms with Gasteiger partial charge in [-0.1, -0.05) is 13.0 Å². The van der Waals surface area contributed by atoms with Crippen molar-refractivity contribution in [1.29, 1.82) is 5.26 Å². The van der Waals surface area contributed by atoms with Gasteiger partial charge in [-0.15, -0.1) is 0 Å². The lowest BCUT2D eigenvalue weighted by Gasteiger charge is -2.35. The van der Waals surface area contributed by atoms with Crippen LogP contribution in [0.25, 0.3) is 0 Å². The molecule has 1 aliphatic heterocycles. The maximum atomic E-state index is 13.2. The fourth-order valence-electron chi connectivity index (χ4n) is 2.33. The van der Waals surface area contributed by atoms with Crippen molar-refractivity contribution >= 4 is 0 Å². The minimum atomic E-state index is -0.454. The molecule has 2 unspecified atom stereocenters. The van der Waals surface area contributed by atoms with E-state index >= 15 is 0 Å². The summed E-state index contributed by atoms with van der Waals surface area (Å²) in [5, 5.41) is 8.80. The van der Waals surface area contributed by atoms with Gasteiger partial charge in [0.25, 0.3) is 0 Å². The van der Waals surface area contributed by atoms with Gasteiger partial charge in [0.15, 0.2) is 0 Å². The zero-order valence-electron chi connectivity index (χ0n) is 10.6. The highest BCUT2D eigenvalue weighted by molar-refractivity contribution is 5.34. The van der Waals surface area contributed by atoms with Crippen LogP contribution in [-0.2, 0) is 6.54 Å². The van der Waals surface area contributed by atoms with Crippen molar-refractivity contribution < 1.29 is 4.39 Å². The molecule has 0 aromatic heterocycles. The normalized spacial score (nSPS) is 24.8. The van der Waals surface area contributed by atoms with Crippen LogP contribution in [0.3, 0.4) is 0 Å². The summed E-state index contributed by atoms with van der Waals surface area (Å²) in [7, 11) is 0. The molecule has 1 aromatic rings. The standard InChI is InChI=1S/C14H18FN3/c1-10-4-5-18(9-14(10)17)8-11-2-3-13(15)12(6-11)7-16/h2-3,6,10,14H,4-5,8-9,17H2,1H3. The lowest BCUT2D eigenvalue weighted by Crippen LogP contribution is -2.47. The van der Waals surface area contributed by atoms with Crippen LogP contribution >= 0.6 is 0 Å². The molecule has 0 spiro atoms. The monoisotopic (exact) mass is 247 g/mol. The molecule has 0 bridgehead atoms. The molecule has 1 fully saturated rings. The lowest BCUT2D eigenvalue weighted by atomic mass is 9.94. The number of hydrogen-bond acceptors (Lipinski definition) is 3. The minimum Gasteiger partial charge on any atom is -0.326 e. The van der Waals surface area contributed by atoms with E-state index in [-0.39, 0.29) is 11.6 Å². The molecule has 96 valence electrons. The topological polar surface area (TPSA) is 53.0 Å². The second-order valence-electron chi connectivity index (χ2n) is 5.09. The average Bonchev–Trinajstić information content (AvgIpc) is 2.36. The highest BCUT2D eigenvalue weighted by Crippen LogP contribution is 2.18. The maximum absolute atomic E-state index is 13.2. The van der Waals surface area contributed by atoms with Gasteiger partial charge < -0.3 is 5.73 Å². The molecule has 18 heavy (non-hydrogen) atoms. The second-order valence-corrected chi connectivity index (χ2v) is 5.09. The number of piperidine rings is 1.